The Bertz CT molecular complexity index is 995. The first-order valence-electron chi connectivity index (χ1n) is 13.0. The van der Waals surface area contributed by atoms with Crippen LogP contribution in [-0.4, -0.2) is 71.1 Å². The number of carbonyl (C=O) groups excluding carboxylic acids is 1. The fourth-order valence-electron chi connectivity index (χ4n) is 3.63. The Morgan fingerprint density at radius 3 is 1.00 bits per heavy atom. The summed E-state index contributed by atoms with van der Waals surface area (Å²) in [5.41, 5.74) is 0. The molecule has 46 heavy (non-hydrogen) atoms. The van der Waals surface area contributed by atoms with Crippen molar-refractivity contribution in [2.24, 2.45) is 0 Å². The van der Waals surface area contributed by atoms with Crippen molar-refractivity contribution in [3.05, 3.63) is 0 Å². The minimum atomic E-state index is -9.15. The normalized spacial score (nSPS) is 15.3. The van der Waals surface area contributed by atoms with Crippen LogP contribution in [-0.2, 0) is 4.79 Å². The van der Waals surface area contributed by atoms with Crippen LogP contribution in [0, 0.1) is 0 Å². The molecule has 0 aliphatic heterocycles. The second-order valence-corrected chi connectivity index (χ2v) is 10.6. The third-order valence-corrected chi connectivity index (χ3v) is 6.85. The van der Waals surface area contributed by atoms with Crippen LogP contribution in [0.5, 0.6) is 0 Å². The first-order chi connectivity index (χ1) is 20.2. The molecule has 0 aromatic rings. The van der Waals surface area contributed by atoms with Gasteiger partial charge in [0, 0.05) is 6.54 Å². The summed E-state index contributed by atoms with van der Waals surface area (Å²) in [5, 5.41) is -6.21. The zero-order chi connectivity index (χ0) is 37.1. The maximum atomic E-state index is 14.0. The molecule has 2 nitrogen and oxygen atoms in total. The highest BCUT2D eigenvalue weighted by Crippen LogP contribution is 2.66. The van der Waals surface area contributed by atoms with Gasteiger partial charge in [-0.25, -0.2) is 0 Å². The number of amides is 1. The lowest BCUT2D eigenvalue weighted by Gasteiger charge is -2.44. The van der Waals surface area contributed by atoms with Gasteiger partial charge in [0.2, 0.25) is 0 Å². The van der Waals surface area contributed by atoms with Crippen molar-refractivity contribution < 1.29 is 92.6 Å². The fraction of sp³-hybridized carbons (Fsp3) is 0.957. The molecule has 0 aliphatic carbocycles. The van der Waals surface area contributed by atoms with E-state index >= 15 is 0 Å². The molecular formula is C23H26ClF20NO. The van der Waals surface area contributed by atoms with Crippen LogP contribution in [0.1, 0.15) is 71.1 Å². The van der Waals surface area contributed by atoms with Crippen LogP contribution < -0.4 is 5.32 Å². The van der Waals surface area contributed by atoms with Crippen LogP contribution in [0.25, 0.3) is 0 Å². The molecule has 0 aliphatic rings. The molecule has 0 rings (SSSR count). The molecule has 1 N–H and O–H groups in total. The molecule has 0 atom stereocenters. The quantitative estimate of drug-likeness (QED) is 0.0707. The number of rotatable bonds is 21. The van der Waals surface area contributed by atoms with Gasteiger partial charge in [-0.2, -0.15) is 87.8 Å². The Morgan fingerprint density at radius 1 is 0.435 bits per heavy atom. The van der Waals surface area contributed by atoms with E-state index in [2.05, 4.69) is 11.6 Å². The third-order valence-electron chi connectivity index (χ3n) is 6.61. The van der Waals surface area contributed by atoms with Gasteiger partial charge in [0.05, 0.1) is 0 Å². The molecule has 0 saturated carbocycles. The maximum Gasteiger partial charge on any atom is 0.393 e. The highest BCUT2D eigenvalue weighted by Gasteiger charge is 2.98. The molecule has 0 heterocycles. The summed E-state index contributed by atoms with van der Waals surface area (Å²) in [7, 11) is 0. The maximum absolute atomic E-state index is 14.0. The molecule has 0 aromatic heterocycles. The van der Waals surface area contributed by atoms with Gasteiger partial charge in [-0.3, -0.25) is 4.79 Å². The van der Waals surface area contributed by atoms with Crippen LogP contribution >= 0.6 is 11.6 Å². The molecule has 0 spiro atoms. The van der Waals surface area contributed by atoms with Crippen molar-refractivity contribution in [1.82, 2.24) is 5.32 Å². The average Bonchev–Trinajstić information content (AvgIpc) is 2.89. The van der Waals surface area contributed by atoms with Crippen LogP contribution in [0.4, 0.5) is 87.8 Å². The van der Waals surface area contributed by atoms with Gasteiger partial charge in [0.1, 0.15) is 0 Å². The number of halogens is 21. The van der Waals surface area contributed by atoms with Gasteiger partial charge < -0.3 is 5.32 Å². The molecule has 0 fully saturated rings. The second-order valence-electron chi connectivity index (χ2n) is 10.1. The van der Waals surface area contributed by atoms with Gasteiger partial charge in [-0.05, 0) is 18.0 Å². The van der Waals surface area contributed by atoms with Crippen molar-refractivity contribution in [1.29, 1.82) is 0 Å². The van der Waals surface area contributed by atoms with Gasteiger partial charge >= 0.3 is 58.7 Å². The first kappa shape index (κ1) is 44.4. The van der Waals surface area contributed by atoms with E-state index in [1.54, 1.807) is 0 Å². The van der Waals surface area contributed by atoms with Gasteiger partial charge in [0.15, 0.2) is 0 Å². The van der Waals surface area contributed by atoms with Gasteiger partial charge in [-0.15, -0.1) is 0 Å². The molecule has 0 aromatic carbocycles. The van der Waals surface area contributed by atoms with Crippen molar-refractivity contribution in [2.75, 3.05) is 6.54 Å². The van der Waals surface area contributed by atoms with E-state index in [0.29, 0.717) is 19.3 Å². The zero-order valence-corrected chi connectivity index (χ0v) is 23.9. The van der Waals surface area contributed by atoms with E-state index in [9.17, 15) is 92.6 Å². The molecule has 23 heteroatoms. The van der Waals surface area contributed by atoms with Crippen molar-refractivity contribution >= 4 is 17.5 Å². The SMILES string of the molecule is CCCCCCCCCCCCNC(=O)C(F)(F)C(F)(F)C(F)(F)C(F)(F)C(F)(F)C(F)(F)C(F)(F)C(F)(F)C(F)(F)C(F)(F)Cl. The Hall–Kier alpha value is -1.64. The van der Waals surface area contributed by atoms with E-state index in [1.165, 1.54) is 0 Å². The molecule has 0 bridgehead atoms. The van der Waals surface area contributed by atoms with Crippen molar-refractivity contribution in [3.8, 4) is 0 Å². The minimum absolute atomic E-state index is 0.0836. The Balaban J connectivity index is 6.02. The summed E-state index contributed by atoms with van der Waals surface area (Å²) in [4.78, 5) is 11.4. The average molecular weight is 748 g/mol. The summed E-state index contributed by atoms with van der Waals surface area (Å²) in [6.07, 6.45) is 6.03. The summed E-state index contributed by atoms with van der Waals surface area (Å²) in [5.74, 6) is -80.8. The largest absolute Gasteiger partial charge is 0.393 e. The topological polar surface area (TPSA) is 29.1 Å². The third kappa shape index (κ3) is 7.49. The Labute approximate surface area is 252 Å². The van der Waals surface area contributed by atoms with Crippen LogP contribution in [0.2, 0.25) is 0 Å². The summed E-state index contributed by atoms with van der Waals surface area (Å²) >= 11 is 3.36. The smallest absolute Gasteiger partial charge is 0.351 e. The number of nitrogens with one attached hydrogen (secondary N) is 1. The first-order valence-corrected chi connectivity index (χ1v) is 13.4. The van der Waals surface area contributed by atoms with E-state index in [-0.39, 0.29) is 12.8 Å². The molecule has 276 valence electrons. The van der Waals surface area contributed by atoms with E-state index in [1.807, 2.05) is 6.92 Å². The number of unbranched alkanes of at least 4 members (excludes halogenated alkanes) is 9. The van der Waals surface area contributed by atoms with E-state index < -0.39 is 71.1 Å². The monoisotopic (exact) mass is 747 g/mol. The highest BCUT2D eigenvalue weighted by molar-refractivity contribution is 6.22. The second kappa shape index (κ2) is 14.5. The van der Waals surface area contributed by atoms with Crippen LogP contribution in [0.15, 0.2) is 0 Å². The molecule has 1 amide bonds. The lowest BCUT2D eigenvalue weighted by molar-refractivity contribution is -0.464. The zero-order valence-electron chi connectivity index (χ0n) is 23.1. The van der Waals surface area contributed by atoms with Gasteiger partial charge in [-0.1, -0.05) is 64.7 Å². The molecule has 0 saturated heterocycles. The summed E-state index contributed by atoms with van der Waals surface area (Å²) in [6, 6.07) is 0. The fourth-order valence-corrected chi connectivity index (χ4v) is 3.74. The van der Waals surface area contributed by atoms with Gasteiger partial charge in [0.25, 0.3) is 5.91 Å². The summed E-state index contributed by atoms with van der Waals surface area (Å²) in [6.45, 7) is 0.916. The lowest BCUT2D eigenvalue weighted by atomic mass is 9.86. The minimum Gasteiger partial charge on any atom is -0.351 e. The molecule has 0 unspecified atom stereocenters. The predicted molar refractivity (Wildman–Crippen MR) is 120 cm³/mol. The predicted octanol–water partition coefficient (Wildman–Crippen LogP) is 10.6. The van der Waals surface area contributed by atoms with Crippen molar-refractivity contribution in [2.45, 2.75) is 130 Å². The Morgan fingerprint density at radius 2 is 0.696 bits per heavy atom. The van der Waals surface area contributed by atoms with Crippen LogP contribution in [0.3, 0.4) is 0 Å². The number of carbonyl (C=O) groups is 1. The summed E-state index contributed by atoms with van der Waals surface area (Å²) < 4.78 is 272. The standard InChI is InChI=1S/C23H26ClF20NO/c1-2-3-4-5-6-7-8-9-10-11-12-45-13(46)14(25,26)15(27,28)16(29,30)17(31,32)18(33,34)19(35,36)20(37,38)21(39,40)22(41,42)23(24,43)44/h2-12H2,1H3,(H,45,46). The van der Waals surface area contributed by atoms with E-state index in [0.717, 1.165) is 37.4 Å². The lowest BCUT2D eigenvalue weighted by Crippen LogP contribution is -2.77. The number of hydrogen-bond acceptors (Lipinski definition) is 1. The molecule has 0 radical (unpaired) electrons. The number of alkyl halides is 21. The van der Waals surface area contributed by atoms with E-state index in [4.69, 9.17) is 0 Å². The Kier molecular flexibility index (Phi) is 13.9. The van der Waals surface area contributed by atoms with Crippen molar-refractivity contribution in [3.63, 3.8) is 0 Å². The number of hydrogen-bond donors (Lipinski definition) is 1. The highest BCUT2D eigenvalue weighted by atomic mass is 35.5. The molecular weight excluding hydrogens is 722 g/mol.